The van der Waals surface area contributed by atoms with Crippen molar-refractivity contribution in [3.63, 3.8) is 0 Å². The average molecular weight is 239 g/mol. The molecular weight excluding hydrogens is 210 g/mol. The molecule has 100 valence electrons. The highest BCUT2D eigenvalue weighted by molar-refractivity contribution is 4.88. The largest absolute Gasteiger partial charge is 0.381 e. The quantitative estimate of drug-likeness (QED) is 0.793. The summed E-state index contributed by atoms with van der Waals surface area (Å²) in [7, 11) is 1.86. The second-order valence-electron chi connectivity index (χ2n) is 6.16. The summed E-state index contributed by atoms with van der Waals surface area (Å²) in [6, 6.07) is 0.706. The zero-order chi connectivity index (χ0) is 12.1. The molecule has 2 aliphatic rings. The summed E-state index contributed by atoms with van der Waals surface area (Å²) in [6.45, 7) is 3.61. The maximum atomic E-state index is 5.50. The Labute approximate surface area is 107 Å². The van der Waals surface area contributed by atoms with Crippen LogP contribution in [-0.4, -0.2) is 25.8 Å². The van der Waals surface area contributed by atoms with E-state index in [0.717, 1.165) is 0 Å². The summed E-state index contributed by atoms with van der Waals surface area (Å²) in [6.07, 6.45) is 12.8. The van der Waals surface area contributed by atoms with E-state index in [9.17, 15) is 0 Å². The van der Waals surface area contributed by atoms with Crippen molar-refractivity contribution in [2.24, 2.45) is 5.41 Å². The van der Waals surface area contributed by atoms with E-state index in [1.807, 2.05) is 7.11 Å². The topological polar surface area (TPSA) is 21.3 Å². The van der Waals surface area contributed by atoms with Crippen LogP contribution in [0, 0.1) is 5.41 Å². The summed E-state index contributed by atoms with van der Waals surface area (Å²) in [5, 5.41) is 3.84. The lowest BCUT2D eigenvalue weighted by Crippen LogP contribution is -2.42. The van der Waals surface area contributed by atoms with Gasteiger partial charge in [0.1, 0.15) is 0 Å². The average Bonchev–Trinajstić information content (AvgIpc) is 2.86. The van der Waals surface area contributed by atoms with Crippen LogP contribution >= 0.6 is 0 Å². The van der Waals surface area contributed by atoms with Crippen molar-refractivity contribution >= 4 is 0 Å². The van der Waals surface area contributed by atoms with Crippen molar-refractivity contribution in [2.75, 3.05) is 13.7 Å². The number of rotatable bonds is 5. The van der Waals surface area contributed by atoms with Crippen LogP contribution in [0.4, 0.5) is 0 Å². The van der Waals surface area contributed by atoms with E-state index in [2.05, 4.69) is 12.2 Å². The van der Waals surface area contributed by atoms with E-state index in [1.165, 1.54) is 64.3 Å². The third-order valence-electron chi connectivity index (χ3n) is 5.14. The minimum Gasteiger partial charge on any atom is -0.381 e. The molecule has 0 aliphatic heterocycles. The number of ether oxygens (including phenoxy) is 1. The van der Waals surface area contributed by atoms with Crippen molar-refractivity contribution in [2.45, 2.75) is 76.9 Å². The van der Waals surface area contributed by atoms with E-state index >= 15 is 0 Å². The Bertz CT molecular complexity index is 223. The zero-order valence-corrected chi connectivity index (χ0v) is 11.6. The van der Waals surface area contributed by atoms with Gasteiger partial charge in [-0.2, -0.15) is 0 Å². The summed E-state index contributed by atoms with van der Waals surface area (Å²) >= 11 is 0. The molecule has 0 heterocycles. The first-order chi connectivity index (χ1) is 8.28. The maximum absolute atomic E-state index is 5.50. The molecule has 0 amide bonds. The van der Waals surface area contributed by atoms with Gasteiger partial charge in [0.05, 0.1) is 6.10 Å². The van der Waals surface area contributed by atoms with E-state index in [0.29, 0.717) is 17.6 Å². The molecule has 0 aromatic carbocycles. The molecule has 2 aliphatic carbocycles. The zero-order valence-electron chi connectivity index (χ0n) is 11.6. The monoisotopic (exact) mass is 239 g/mol. The Morgan fingerprint density at radius 2 is 1.94 bits per heavy atom. The SMILES string of the molecule is CCC1(CNC2CCCC(OC)C2)CCCC1. The highest BCUT2D eigenvalue weighted by Crippen LogP contribution is 2.40. The smallest absolute Gasteiger partial charge is 0.0586 e. The molecular formula is C15H29NO. The molecule has 17 heavy (non-hydrogen) atoms. The Hall–Kier alpha value is -0.0800. The predicted molar refractivity (Wildman–Crippen MR) is 72.2 cm³/mol. The fourth-order valence-electron chi connectivity index (χ4n) is 3.69. The lowest BCUT2D eigenvalue weighted by molar-refractivity contribution is 0.0564. The first-order valence-corrected chi connectivity index (χ1v) is 7.54. The molecule has 0 saturated heterocycles. The second kappa shape index (κ2) is 6.19. The molecule has 0 aromatic heterocycles. The number of hydrogen-bond acceptors (Lipinski definition) is 2. The molecule has 0 radical (unpaired) electrons. The van der Waals surface area contributed by atoms with Crippen molar-refractivity contribution in [1.82, 2.24) is 5.32 Å². The summed E-state index contributed by atoms with van der Waals surface area (Å²) in [5.41, 5.74) is 0.625. The van der Waals surface area contributed by atoms with Gasteiger partial charge in [0.15, 0.2) is 0 Å². The Morgan fingerprint density at radius 1 is 1.18 bits per heavy atom. The molecule has 2 saturated carbocycles. The lowest BCUT2D eigenvalue weighted by Gasteiger charge is -2.34. The normalized spacial score (nSPS) is 32.8. The Balaban J connectivity index is 1.76. The van der Waals surface area contributed by atoms with E-state index < -0.39 is 0 Å². The van der Waals surface area contributed by atoms with Crippen LogP contribution in [0.3, 0.4) is 0 Å². The molecule has 2 fully saturated rings. The molecule has 2 heteroatoms. The van der Waals surface area contributed by atoms with Crippen LogP contribution in [0.2, 0.25) is 0 Å². The van der Waals surface area contributed by atoms with Crippen molar-refractivity contribution in [1.29, 1.82) is 0 Å². The fourth-order valence-corrected chi connectivity index (χ4v) is 3.69. The Kier molecular flexibility index (Phi) is 4.87. The van der Waals surface area contributed by atoms with Gasteiger partial charge in [0.2, 0.25) is 0 Å². The summed E-state index contributed by atoms with van der Waals surface area (Å²) in [5.74, 6) is 0. The summed E-state index contributed by atoms with van der Waals surface area (Å²) in [4.78, 5) is 0. The van der Waals surface area contributed by atoms with Gasteiger partial charge < -0.3 is 10.1 Å². The van der Waals surface area contributed by atoms with Gasteiger partial charge in [-0.1, -0.05) is 19.8 Å². The molecule has 0 bridgehead atoms. The summed E-state index contributed by atoms with van der Waals surface area (Å²) < 4.78 is 5.50. The minimum absolute atomic E-state index is 0.502. The Morgan fingerprint density at radius 3 is 2.59 bits per heavy atom. The second-order valence-corrected chi connectivity index (χ2v) is 6.16. The predicted octanol–water partition coefficient (Wildman–Crippen LogP) is 3.50. The maximum Gasteiger partial charge on any atom is 0.0586 e. The minimum atomic E-state index is 0.502. The van der Waals surface area contributed by atoms with Gasteiger partial charge in [-0.25, -0.2) is 0 Å². The highest BCUT2D eigenvalue weighted by atomic mass is 16.5. The van der Waals surface area contributed by atoms with Gasteiger partial charge in [0.25, 0.3) is 0 Å². The molecule has 0 aromatic rings. The van der Waals surface area contributed by atoms with Crippen molar-refractivity contribution in [3.8, 4) is 0 Å². The van der Waals surface area contributed by atoms with Gasteiger partial charge in [-0.05, 0) is 50.4 Å². The molecule has 2 rings (SSSR count). The number of hydrogen-bond donors (Lipinski definition) is 1. The van der Waals surface area contributed by atoms with Gasteiger partial charge in [-0.3, -0.25) is 0 Å². The third kappa shape index (κ3) is 3.45. The van der Waals surface area contributed by atoms with Gasteiger partial charge in [0, 0.05) is 19.7 Å². The van der Waals surface area contributed by atoms with E-state index in [4.69, 9.17) is 4.74 Å². The number of nitrogens with one attached hydrogen (secondary N) is 1. The van der Waals surface area contributed by atoms with Crippen LogP contribution in [0.15, 0.2) is 0 Å². The van der Waals surface area contributed by atoms with Gasteiger partial charge in [-0.15, -0.1) is 0 Å². The molecule has 1 N–H and O–H groups in total. The third-order valence-corrected chi connectivity index (χ3v) is 5.14. The van der Waals surface area contributed by atoms with E-state index in [1.54, 1.807) is 0 Å². The molecule has 2 nitrogen and oxygen atoms in total. The lowest BCUT2D eigenvalue weighted by atomic mass is 9.82. The van der Waals surface area contributed by atoms with Crippen LogP contribution < -0.4 is 5.32 Å². The van der Waals surface area contributed by atoms with Crippen molar-refractivity contribution < 1.29 is 4.74 Å². The van der Waals surface area contributed by atoms with Crippen LogP contribution in [0.1, 0.15) is 64.7 Å². The highest BCUT2D eigenvalue weighted by Gasteiger charge is 2.32. The van der Waals surface area contributed by atoms with Crippen LogP contribution in [0.5, 0.6) is 0 Å². The fraction of sp³-hybridized carbons (Fsp3) is 1.00. The first kappa shape index (κ1) is 13.4. The van der Waals surface area contributed by atoms with Crippen molar-refractivity contribution in [3.05, 3.63) is 0 Å². The van der Waals surface area contributed by atoms with E-state index in [-0.39, 0.29) is 0 Å². The molecule has 2 atom stereocenters. The molecule has 2 unspecified atom stereocenters. The first-order valence-electron chi connectivity index (χ1n) is 7.54. The van der Waals surface area contributed by atoms with Crippen LogP contribution in [-0.2, 0) is 4.74 Å². The van der Waals surface area contributed by atoms with Crippen LogP contribution in [0.25, 0.3) is 0 Å². The van der Waals surface area contributed by atoms with Gasteiger partial charge >= 0.3 is 0 Å². The standard InChI is InChI=1S/C15H29NO/c1-3-15(9-4-5-10-15)12-16-13-7-6-8-14(11-13)17-2/h13-14,16H,3-12H2,1-2H3. The number of methoxy groups -OCH3 is 1. The molecule has 0 spiro atoms.